The lowest BCUT2D eigenvalue weighted by atomic mass is 10.1. The molecule has 0 aliphatic heterocycles. The Labute approximate surface area is 331 Å². The molecule has 0 aliphatic carbocycles. The van der Waals surface area contributed by atoms with Crippen LogP contribution < -0.4 is 21.3 Å². The number of amides is 4. The molecule has 0 bridgehead atoms. The Morgan fingerprint density at radius 1 is 0.750 bits per heavy atom. The molecule has 1 aromatic heterocycles. The molecular formula is C36H48Br3N7O6. The van der Waals surface area contributed by atoms with Crippen LogP contribution in [0.1, 0.15) is 58.4 Å². The number of rotatable bonds is 12. The molecule has 16 heteroatoms. The van der Waals surface area contributed by atoms with Crippen molar-refractivity contribution in [3.05, 3.63) is 71.5 Å². The molecule has 4 N–H and O–H groups in total. The minimum absolute atomic E-state index is 0.0886. The van der Waals surface area contributed by atoms with Gasteiger partial charge in [-0.25, -0.2) is 14.3 Å². The van der Waals surface area contributed by atoms with Gasteiger partial charge in [-0.15, -0.1) is 11.5 Å². The molecule has 0 saturated carbocycles. The van der Waals surface area contributed by atoms with Crippen molar-refractivity contribution in [1.29, 1.82) is 0 Å². The van der Waals surface area contributed by atoms with Gasteiger partial charge in [0.25, 0.3) is 0 Å². The van der Waals surface area contributed by atoms with Gasteiger partial charge in [0, 0.05) is 36.0 Å². The number of hydrogen-bond acceptors (Lipinski definition) is 8. The first kappa shape index (κ1) is 46.1. The first-order valence-electron chi connectivity index (χ1n) is 16.2. The highest BCUT2D eigenvalue weighted by atomic mass is 79.9. The second kappa shape index (κ2) is 24.3. The number of halogens is 3. The lowest BCUT2D eigenvalue weighted by Gasteiger charge is -2.19. The molecule has 3 aromatic rings. The van der Waals surface area contributed by atoms with Crippen molar-refractivity contribution in [1.82, 2.24) is 25.6 Å². The number of nitrogens with zero attached hydrogens (tertiary/aromatic N) is 3. The van der Waals surface area contributed by atoms with Crippen molar-refractivity contribution in [3.8, 4) is 12.3 Å². The van der Waals surface area contributed by atoms with Gasteiger partial charge in [0.15, 0.2) is 0 Å². The van der Waals surface area contributed by atoms with E-state index >= 15 is 0 Å². The number of anilines is 2. The smallest absolute Gasteiger partial charge is 0.407 e. The Hall–Kier alpha value is -3.94. The maximum atomic E-state index is 12.1. The molecule has 2 aromatic carbocycles. The molecule has 284 valence electrons. The number of alkyl carbamates (subject to hydrolysis) is 2. The largest absolute Gasteiger partial charge is 0.444 e. The van der Waals surface area contributed by atoms with Crippen molar-refractivity contribution < 1.29 is 28.7 Å². The molecule has 3 rings (SSSR count). The zero-order valence-corrected chi connectivity index (χ0v) is 35.1. The summed E-state index contributed by atoms with van der Waals surface area (Å²) in [7, 11) is 0. The van der Waals surface area contributed by atoms with E-state index in [2.05, 4.69) is 85.3 Å². The summed E-state index contributed by atoms with van der Waals surface area (Å²) >= 11 is 9.39. The van der Waals surface area contributed by atoms with E-state index in [1.54, 1.807) is 6.20 Å². The van der Waals surface area contributed by atoms with Crippen LogP contribution in [0.3, 0.4) is 0 Å². The van der Waals surface area contributed by atoms with Crippen molar-refractivity contribution >= 4 is 83.2 Å². The Kier molecular flexibility index (Phi) is 21.6. The van der Waals surface area contributed by atoms with Crippen LogP contribution in [0.15, 0.2) is 54.7 Å². The Morgan fingerprint density at radius 3 is 1.52 bits per heavy atom. The van der Waals surface area contributed by atoms with Crippen molar-refractivity contribution in [2.24, 2.45) is 0 Å². The second-order valence-corrected chi connectivity index (χ2v) is 14.5. The number of terminal acetylenes is 1. The summed E-state index contributed by atoms with van der Waals surface area (Å²) in [5, 5.41) is 20.3. The van der Waals surface area contributed by atoms with E-state index in [0.29, 0.717) is 42.3 Å². The topological polar surface area (TPSA) is 166 Å². The number of carbonyl (C=O) groups excluding carboxylic acids is 4. The summed E-state index contributed by atoms with van der Waals surface area (Å²) in [6, 6.07) is 15.0. The van der Waals surface area contributed by atoms with Crippen molar-refractivity contribution in [3.63, 3.8) is 0 Å². The average molecular weight is 915 g/mol. The average Bonchev–Trinajstić information content (AvgIpc) is 3.52. The summed E-state index contributed by atoms with van der Waals surface area (Å²) in [5.74, 6) is 2.08. The van der Waals surface area contributed by atoms with Crippen molar-refractivity contribution in [2.75, 3.05) is 34.4 Å². The monoisotopic (exact) mass is 911 g/mol. The third kappa shape index (κ3) is 22.8. The first-order valence-corrected chi connectivity index (χ1v) is 19.5. The normalized spacial score (nSPS) is 10.5. The van der Waals surface area contributed by atoms with Gasteiger partial charge < -0.3 is 30.7 Å². The molecule has 0 fully saturated rings. The van der Waals surface area contributed by atoms with E-state index < -0.39 is 23.4 Å². The minimum Gasteiger partial charge on any atom is -0.444 e. The molecular weight excluding hydrogens is 866 g/mol. The Bertz CT molecular complexity index is 1580. The summed E-state index contributed by atoms with van der Waals surface area (Å²) in [5.41, 5.74) is 3.34. The van der Waals surface area contributed by atoms with Gasteiger partial charge in [0.2, 0.25) is 11.8 Å². The Balaban J connectivity index is 0.000000484. The number of alkyl halides is 3. The lowest BCUT2D eigenvalue weighted by Crippen LogP contribution is -2.33. The van der Waals surface area contributed by atoms with Gasteiger partial charge in [-0.3, -0.25) is 9.59 Å². The fourth-order valence-electron chi connectivity index (χ4n) is 3.77. The van der Waals surface area contributed by atoms with Crippen LogP contribution in [-0.2, 0) is 43.8 Å². The molecule has 0 aliphatic rings. The van der Waals surface area contributed by atoms with Crippen LogP contribution in [0.5, 0.6) is 0 Å². The first-order chi connectivity index (χ1) is 24.5. The second-order valence-electron chi connectivity index (χ2n) is 12.9. The number of carbonyl (C=O) groups is 4. The van der Waals surface area contributed by atoms with Gasteiger partial charge in [0.05, 0.1) is 16.4 Å². The van der Waals surface area contributed by atoms with E-state index in [1.165, 1.54) is 4.68 Å². The Morgan fingerprint density at radius 2 is 1.17 bits per heavy atom. The van der Waals surface area contributed by atoms with E-state index in [0.717, 1.165) is 22.5 Å². The number of nitrogens with one attached hydrogen (secondary N) is 4. The standard InChI is InChI=1S/C18H24BrN5O3.C15H21BrN2O3.C3H3Br/c1-18(2,3)27-17(26)20-9-8-13-4-6-14(7-5-13)21-16(25)12-24-11-15(10-19)22-23-24;1-15(2,3)21-14(20)17-9-8-11-4-6-12(7-5-11)18-13(19)10-16;1-2-3-4/h4-7,11H,8-10,12H2,1-3H3,(H,20,26)(H,21,25);4-7H,8-10H2,1-3H3,(H,17,20)(H,18,19);1H,3H2. The van der Waals surface area contributed by atoms with E-state index in [9.17, 15) is 19.2 Å². The summed E-state index contributed by atoms with van der Waals surface area (Å²) in [6.45, 7) is 12.0. The lowest BCUT2D eigenvalue weighted by molar-refractivity contribution is -0.117. The highest BCUT2D eigenvalue weighted by Gasteiger charge is 2.16. The predicted octanol–water partition coefficient (Wildman–Crippen LogP) is 6.98. The quantitative estimate of drug-likeness (QED) is 0.112. The molecule has 52 heavy (non-hydrogen) atoms. The molecule has 0 atom stereocenters. The van der Waals surface area contributed by atoms with Gasteiger partial charge in [-0.1, -0.05) is 83.2 Å². The van der Waals surface area contributed by atoms with Crippen LogP contribution in [0.2, 0.25) is 0 Å². The van der Waals surface area contributed by atoms with Crippen LogP contribution in [0, 0.1) is 12.3 Å². The SMILES string of the molecule is C#CCBr.CC(C)(C)OC(=O)NCCc1ccc(NC(=O)CBr)cc1.CC(C)(C)OC(=O)NCCc1ccc(NC(=O)Cn2cc(CBr)nn2)cc1. The van der Waals surface area contributed by atoms with Crippen LogP contribution in [-0.4, -0.2) is 73.9 Å². The molecule has 1 heterocycles. The van der Waals surface area contributed by atoms with Crippen LogP contribution >= 0.6 is 47.8 Å². The molecule has 0 unspecified atom stereocenters. The summed E-state index contributed by atoms with van der Waals surface area (Å²) in [4.78, 5) is 46.3. The zero-order valence-electron chi connectivity index (χ0n) is 30.4. The maximum absolute atomic E-state index is 12.1. The zero-order chi connectivity index (χ0) is 39.2. The molecule has 4 amide bonds. The summed E-state index contributed by atoms with van der Waals surface area (Å²) in [6.07, 6.45) is 6.98. The van der Waals surface area contributed by atoms with Gasteiger partial charge in [0.1, 0.15) is 17.7 Å². The predicted molar refractivity (Wildman–Crippen MR) is 215 cm³/mol. The highest BCUT2D eigenvalue weighted by molar-refractivity contribution is 9.09. The van der Waals surface area contributed by atoms with Crippen LogP contribution in [0.25, 0.3) is 0 Å². The fraction of sp³-hybridized carbons (Fsp3) is 0.444. The fourth-order valence-corrected chi connectivity index (χ4v) is 4.17. The van der Waals surface area contributed by atoms with E-state index in [-0.39, 0.29) is 23.7 Å². The number of hydrogen-bond donors (Lipinski definition) is 4. The highest BCUT2D eigenvalue weighted by Crippen LogP contribution is 2.12. The number of aromatic nitrogens is 3. The van der Waals surface area contributed by atoms with E-state index in [1.807, 2.05) is 90.1 Å². The third-order valence-corrected chi connectivity index (χ3v) is 7.27. The molecule has 13 nitrogen and oxygen atoms in total. The van der Waals surface area contributed by atoms with Gasteiger partial charge in [-0.05, 0) is 89.8 Å². The molecule has 0 saturated heterocycles. The van der Waals surface area contributed by atoms with E-state index in [4.69, 9.17) is 15.9 Å². The molecule has 0 spiro atoms. The summed E-state index contributed by atoms with van der Waals surface area (Å²) < 4.78 is 11.8. The number of benzene rings is 2. The van der Waals surface area contributed by atoms with Crippen LogP contribution in [0.4, 0.5) is 21.0 Å². The number of ether oxygens (including phenoxy) is 2. The van der Waals surface area contributed by atoms with Gasteiger partial charge in [-0.2, -0.15) is 0 Å². The maximum Gasteiger partial charge on any atom is 0.407 e. The third-order valence-electron chi connectivity index (χ3n) is 5.87. The molecule has 0 radical (unpaired) electrons. The van der Waals surface area contributed by atoms with Gasteiger partial charge >= 0.3 is 12.2 Å². The minimum atomic E-state index is -0.508. The van der Waals surface area contributed by atoms with Crippen molar-refractivity contribution in [2.45, 2.75) is 77.5 Å².